The largest absolute Gasteiger partial charge is 0.549 e. The van der Waals surface area contributed by atoms with Crippen LogP contribution in [0, 0.1) is 0 Å². The van der Waals surface area contributed by atoms with E-state index in [1.165, 1.54) is 0 Å². The van der Waals surface area contributed by atoms with E-state index in [0.717, 1.165) is 0 Å². The fourth-order valence-corrected chi connectivity index (χ4v) is 1.49. The van der Waals surface area contributed by atoms with Crippen molar-refractivity contribution in [2.75, 3.05) is 0 Å². The van der Waals surface area contributed by atoms with Crippen LogP contribution in [0.2, 0.25) is 18.1 Å². The van der Waals surface area contributed by atoms with Crippen LogP contribution < -0.4 is 5.73 Å². The van der Waals surface area contributed by atoms with Crippen LogP contribution in [0.15, 0.2) is 12.3 Å². The molecule has 5 heteroatoms. The molecule has 0 aromatic rings. The molecular formula is C11H23NO3Si. The molecule has 16 heavy (non-hydrogen) atoms. The Balaban J connectivity index is 4.16. The van der Waals surface area contributed by atoms with E-state index < -0.39 is 20.3 Å². The Morgan fingerprint density at radius 3 is 2.38 bits per heavy atom. The van der Waals surface area contributed by atoms with E-state index in [9.17, 15) is 4.79 Å². The van der Waals surface area contributed by atoms with Crippen LogP contribution in [-0.2, 0) is 9.22 Å². The van der Waals surface area contributed by atoms with Crippen molar-refractivity contribution in [3.8, 4) is 0 Å². The van der Waals surface area contributed by atoms with E-state index in [-0.39, 0.29) is 5.04 Å². The van der Waals surface area contributed by atoms with Gasteiger partial charge in [-0.15, -0.1) is 0 Å². The van der Waals surface area contributed by atoms with Crippen molar-refractivity contribution in [2.45, 2.75) is 51.4 Å². The van der Waals surface area contributed by atoms with Gasteiger partial charge < -0.3 is 15.3 Å². The van der Waals surface area contributed by atoms with Crippen LogP contribution >= 0.6 is 0 Å². The summed E-state index contributed by atoms with van der Waals surface area (Å²) in [5, 5.41) is 8.72. The van der Waals surface area contributed by atoms with Crippen LogP contribution in [0.5, 0.6) is 0 Å². The quantitative estimate of drug-likeness (QED) is 0.576. The third-order valence-corrected chi connectivity index (χ3v) is 7.31. The number of nitrogens with two attached hydrogens (primary N) is 1. The normalized spacial score (nSPS) is 15.1. The van der Waals surface area contributed by atoms with Crippen molar-refractivity contribution < 1.29 is 14.3 Å². The summed E-state index contributed by atoms with van der Waals surface area (Å²) in [7, 11) is -1.78. The zero-order valence-electron chi connectivity index (χ0n) is 10.8. The first-order chi connectivity index (χ1) is 7.08. The van der Waals surface area contributed by atoms with Gasteiger partial charge in [0, 0.05) is 0 Å². The van der Waals surface area contributed by atoms with E-state index in [2.05, 4.69) is 33.9 Å². The molecule has 4 nitrogen and oxygen atoms in total. The SMILES string of the molecule is CC(C)(C)[Si](C)(C)O/C=C/C[C@H](N)C(=O)O. The highest BCUT2D eigenvalue weighted by atomic mass is 28.4. The molecule has 0 heterocycles. The second kappa shape index (κ2) is 5.50. The van der Waals surface area contributed by atoms with E-state index in [0.29, 0.717) is 6.42 Å². The standard InChI is InChI=1S/C11H23NO3Si/c1-11(2,3)16(4,5)15-8-6-7-9(12)10(13)14/h6,8-9H,7,12H2,1-5H3,(H,13,14)/b8-6+/t9-/m0/s1. The minimum absolute atomic E-state index is 0.145. The van der Waals surface area contributed by atoms with Gasteiger partial charge in [-0.2, -0.15) is 0 Å². The van der Waals surface area contributed by atoms with Crippen molar-refractivity contribution in [3.05, 3.63) is 12.3 Å². The molecule has 0 rings (SSSR count). The van der Waals surface area contributed by atoms with Crippen LogP contribution in [-0.4, -0.2) is 25.4 Å². The summed E-state index contributed by atoms with van der Waals surface area (Å²) in [5.41, 5.74) is 5.36. The summed E-state index contributed by atoms with van der Waals surface area (Å²) >= 11 is 0. The summed E-state index contributed by atoms with van der Waals surface area (Å²) in [6.07, 6.45) is 3.57. The van der Waals surface area contributed by atoms with Crippen LogP contribution in [0.25, 0.3) is 0 Å². The summed E-state index contributed by atoms with van der Waals surface area (Å²) in [6, 6.07) is -0.848. The van der Waals surface area contributed by atoms with Crippen molar-refractivity contribution in [1.29, 1.82) is 0 Å². The van der Waals surface area contributed by atoms with Crippen molar-refractivity contribution >= 4 is 14.3 Å². The first-order valence-corrected chi connectivity index (χ1v) is 8.30. The maximum atomic E-state index is 10.5. The van der Waals surface area contributed by atoms with E-state index in [1.807, 2.05) is 0 Å². The summed E-state index contributed by atoms with van der Waals surface area (Å²) < 4.78 is 5.73. The van der Waals surface area contributed by atoms with Gasteiger partial charge in [-0.3, -0.25) is 4.79 Å². The lowest BCUT2D eigenvalue weighted by molar-refractivity contribution is -0.138. The van der Waals surface area contributed by atoms with Gasteiger partial charge in [-0.25, -0.2) is 0 Å². The zero-order chi connectivity index (χ0) is 13.0. The molecule has 0 fully saturated rings. The molecule has 0 aromatic heterocycles. The molecule has 0 spiro atoms. The third kappa shape index (κ3) is 4.81. The molecule has 3 N–H and O–H groups in total. The lowest BCUT2D eigenvalue weighted by atomic mass is 10.2. The van der Waals surface area contributed by atoms with E-state index >= 15 is 0 Å². The van der Waals surface area contributed by atoms with Gasteiger partial charge in [-0.05, 0) is 30.6 Å². The predicted octanol–water partition coefficient (Wildman–Crippen LogP) is 2.32. The highest BCUT2D eigenvalue weighted by Crippen LogP contribution is 2.36. The van der Waals surface area contributed by atoms with Gasteiger partial charge >= 0.3 is 5.97 Å². The number of aliphatic carboxylic acids is 1. The van der Waals surface area contributed by atoms with Crippen molar-refractivity contribution in [3.63, 3.8) is 0 Å². The molecule has 0 saturated carbocycles. The smallest absolute Gasteiger partial charge is 0.320 e. The highest BCUT2D eigenvalue weighted by Gasteiger charge is 2.37. The molecule has 0 aliphatic carbocycles. The molecule has 1 atom stereocenters. The second-order valence-corrected chi connectivity index (χ2v) is 10.2. The Labute approximate surface area is 98.6 Å². The molecule has 0 aliphatic heterocycles. The van der Waals surface area contributed by atoms with Gasteiger partial charge in [0.2, 0.25) is 8.32 Å². The topological polar surface area (TPSA) is 72.5 Å². The molecule has 0 radical (unpaired) electrons. The lowest BCUT2D eigenvalue weighted by Crippen LogP contribution is -2.39. The summed E-state index contributed by atoms with van der Waals surface area (Å²) in [5.74, 6) is -0.989. The average Bonchev–Trinajstić information content (AvgIpc) is 2.09. The monoisotopic (exact) mass is 245 g/mol. The molecule has 94 valence electrons. The van der Waals surface area contributed by atoms with Gasteiger partial charge in [0.05, 0.1) is 6.26 Å². The van der Waals surface area contributed by atoms with Crippen LogP contribution in [0.1, 0.15) is 27.2 Å². The number of rotatable bonds is 5. The minimum atomic E-state index is -1.78. The maximum absolute atomic E-state index is 10.5. The number of carboxylic acid groups (broad SMARTS) is 1. The average molecular weight is 245 g/mol. The van der Waals surface area contributed by atoms with Crippen LogP contribution in [0.4, 0.5) is 0 Å². The van der Waals surface area contributed by atoms with E-state index in [1.54, 1.807) is 12.3 Å². The lowest BCUT2D eigenvalue weighted by Gasteiger charge is -2.35. The summed E-state index contributed by atoms with van der Waals surface area (Å²) in [4.78, 5) is 10.5. The third-order valence-electron chi connectivity index (χ3n) is 2.97. The Kier molecular flexibility index (Phi) is 5.22. The molecule has 0 unspecified atom stereocenters. The van der Waals surface area contributed by atoms with Gasteiger partial charge in [0.1, 0.15) is 6.04 Å². The van der Waals surface area contributed by atoms with Crippen molar-refractivity contribution in [1.82, 2.24) is 0 Å². The number of carboxylic acids is 1. The molecule has 0 aliphatic rings. The number of hydrogen-bond acceptors (Lipinski definition) is 3. The Bertz CT molecular complexity index is 269. The number of carbonyl (C=O) groups is 1. The van der Waals surface area contributed by atoms with E-state index in [4.69, 9.17) is 15.3 Å². The Morgan fingerprint density at radius 2 is 2.00 bits per heavy atom. The maximum Gasteiger partial charge on any atom is 0.320 e. The molecule has 0 amide bonds. The first kappa shape index (κ1) is 15.2. The fourth-order valence-electron chi connectivity index (χ4n) is 0.698. The predicted molar refractivity (Wildman–Crippen MR) is 67.7 cm³/mol. The Morgan fingerprint density at radius 1 is 1.50 bits per heavy atom. The highest BCUT2D eigenvalue weighted by molar-refractivity contribution is 6.74. The van der Waals surface area contributed by atoms with Crippen molar-refractivity contribution in [2.24, 2.45) is 5.73 Å². The number of hydrogen-bond donors (Lipinski definition) is 2. The van der Waals surface area contributed by atoms with Gasteiger partial charge in [0.25, 0.3) is 0 Å². The molecule has 0 saturated heterocycles. The Hall–Kier alpha value is -0.813. The molecular weight excluding hydrogens is 222 g/mol. The minimum Gasteiger partial charge on any atom is -0.549 e. The zero-order valence-corrected chi connectivity index (χ0v) is 11.8. The molecule has 0 aromatic carbocycles. The van der Waals surface area contributed by atoms with Gasteiger partial charge in [0.15, 0.2) is 0 Å². The molecule has 0 bridgehead atoms. The summed E-state index contributed by atoms with van der Waals surface area (Å²) in [6.45, 7) is 10.7. The first-order valence-electron chi connectivity index (χ1n) is 5.39. The van der Waals surface area contributed by atoms with Crippen LogP contribution in [0.3, 0.4) is 0 Å². The second-order valence-electron chi connectivity index (χ2n) is 5.43. The van der Waals surface area contributed by atoms with Gasteiger partial charge in [-0.1, -0.05) is 20.8 Å². The fraction of sp³-hybridized carbons (Fsp3) is 0.727.